The van der Waals surface area contributed by atoms with Gasteiger partial charge in [0.05, 0.1) is 6.61 Å². The normalized spacial score (nSPS) is 19.3. The van der Waals surface area contributed by atoms with E-state index in [0.717, 1.165) is 0 Å². The summed E-state index contributed by atoms with van der Waals surface area (Å²) in [6.07, 6.45) is -0.667. The second-order valence-electron chi connectivity index (χ2n) is 3.07. The molecule has 0 aromatic carbocycles. The minimum Gasteiger partial charge on any atom is -0.459 e. The van der Waals surface area contributed by atoms with E-state index < -0.39 is 6.10 Å². The summed E-state index contributed by atoms with van der Waals surface area (Å²) in [4.78, 5) is 11.5. The van der Waals surface area contributed by atoms with E-state index in [0.29, 0.717) is 18.2 Å². The van der Waals surface area contributed by atoms with E-state index in [1.807, 2.05) is 6.92 Å². The van der Waals surface area contributed by atoms with Crippen LogP contribution in [0.1, 0.15) is 6.92 Å². The van der Waals surface area contributed by atoms with Gasteiger partial charge in [-0.3, -0.25) is 9.89 Å². The average Bonchev–Trinajstić information content (AvgIpc) is 2.57. The van der Waals surface area contributed by atoms with Crippen LogP contribution in [0, 0.1) is 0 Å². The lowest BCUT2D eigenvalue weighted by Gasteiger charge is -2.22. The van der Waals surface area contributed by atoms with Crippen LogP contribution in [0.5, 0.6) is 5.88 Å². The summed E-state index contributed by atoms with van der Waals surface area (Å²) in [7, 11) is 0. The molecular formula is C8H12N4O3. The van der Waals surface area contributed by atoms with Crippen LogP contribution in [0.15, 0.2) is 0 Å². The maximum absolute atomic E-state index is 11.5. The first kappa shape index (κ1) is 9.78. The summed E-state index contributed by atoms with van der Waals surface area (Å²) in [5.74, 6) is 0.314. The second kappa shape index (κ2) is 3.77. The minimum absolute atomic E-state index is 0.203. The van der Waals surface area contributed by atoms with Crippen molar-refractivity contribution >= 4 is 17.4 Å². The number of hydrogen-bond donors (Lipinski definition) is 3. The largest absolute Gasteiger partial charge is 0.459 e. The number of amides is 1. The number of hydrogen-bond acceptors (Lipinski definition) is 5. The van der Waals surface area contributed by atoms with Gasteiger partial charge in [-0.25, -0.2) is 0 Å². The van der Waals surface area contributed by atoms with Crippen LogP contribution in [0.25, 0.3) is 0 Å². The van der Waals surface area contributed by atoms with Gasteiger partial charge in [-0.05, 0) is 6.92 Å². The number of aromatic amines is 1. The van der Waals surface area contributed by atoms with Crippen LogP contribution in [0.4, 0.5) is 11.5 Å². The fourth-order valence-electron chi connectivity index (χ4n) is 1.27. The first-order valence-electron chi connectivity index (χ1n) is 4.61. The molecule has 1 aromatic heterocycles. The summed E-state index contributed by atoms with van der Waals surface area (Å²) in [5, 5.41) is 8.93. The second-order valence-corrected chi connectivity index (χ2v) is 3.07. The number of nitrogen functional groups attached to an aromatic ring is 1. The van der Waals surface area contributed by atoms with E-state index in [-0.39, 0.29) is 18.3 Å². The summed E-state index contributed by atoms with van der Waals surface area (Å²) in [6, 6.07) is 0. The van der Waals surface area contributed by atoms with Crippen LogP contribution in [0.2, 0.25) is 0 Å². The number of H-pyrrole nitrogens is 1. The van der Waals surface area contributed by atoms with Gasteiger partial charge in [-0.1, -0.05) is 0 Å². The molecule has 1 atom stereocenters. The van der Waals surface area contributed by atoms with Crippen LogP contribution >= 0.6 is 0 Å². The third-order valence-corrected chi connectivity index (χ3v) is 2.03. The molecule has 1 aromatic rings. The number of fused-ring (bicyclic) bond motifs is 1. The monoisotopic (exact) mass is 212 g/mol. The highest BCUT2D eigenvalue weighted by molar-refractivity contribution is 5.99. The molecule has 0 bridgehead atoms. The van der Waals surface area contributed by atoms with Gasteiger partial charge in [0.15, 0.2) is 0 Å². The van der Waals surface area contributed by atoms with Gasteiger partial charge >= 0.3 is 0 Å². The number of nitrogens with two attached hydrogens (primary N) is 1. The molecule has 4 N–H and O–H groups in total. The van der Waals surface area contributed by atoms with Crippen molar-refractivity contribution in [1.82, 2.24) is 10.2 Å². The minimum atomic E-state index is -0.667. The smallest absolute Gasteiger partial charge is 0.268 e. The number of anilines is 2. The molecule has 0 saturated carbocycles. The van der Waals surface area contributed by atoms with Crippen molar-refractivity contribution in [3.8, 4) is 5.88 Å². The number of ether oxygens (including phenoxy) is 2. The number of nitrogens with one attached hydrogen (secondary N) is 2. The highest BCUT2D eigenvalue weighted by Gasteiger charge is 2.31. The number of rotatable bonds is 3. The third-order valence-electron chi connectivity index (χ3n) is 2.03. The van der Waals surface area contributed by atoms with Crippen LogP contribution in [-0.2, 0) is 9.53 Å². The molecule has 0 saturated heterocycles. The Bertz CT molecular complexity index is 376. The Kier molecular flexibility index (Phi) is 2.46. The van der Waals surface area contributed by atoms with Gasteiger partial charge in [-0.15, -0.1) is 5.10 Å². The molecule has 0 spiro atoms. The lowest BCUT2D eigenvalue weighted by molar-refractivity contribution is -0.126. The van der Waals surface area contributed by atoms with Crippen molar-refractivity contribution in [2.24, 2.45) is 0 Å². The fraction of sp³-hybridized carbons (Fsp3) is 0.500. The average molecular weight is 212 g/mol. The van der Waals surface area contributed by atoms with Gasteiger partial charge in [0.1, 0.15) is 11.5 Å². The highest BCUT2D eigenvalue weighted by atomic mass is 16.5. The molecule has 0 radical (unpaired) electrons. The predicted octanol–water partition coefficient (Wildman–Crippen LogP) is -0.272. The Morgan fingerprint density at radius 1 is 1.67 bits per heavy atom. The number of aromatic nitrogens is 2. The van der Waals surface area contributed by atoms with Crippen molar-refractivity contribution in [3.63, 3.8) is 0 Å². The summed E-state index contributed by atoms with van der Waals surface area (Å²) >= 11 is 0. The van der Waals surface area contributed by atoms with E-state index in [2.05, 4.69) is 15.5 Å². The number of nitrogens with zero attached hydrogens (tertiary/aromatic N) is 1. The summed E-state index contributed by atoms with van der Waals surface area (Å²) in [5.41, 5.74) is 5.92. The molecule has 2 heterocycles. The molecule has 2 rings (SSSR count). The summed E-state index contributed by atoms with van der Waals surface area (Å²) < 4.78 is 10.4. The first-order chi connectivity index (χ1) is 7.22. The Morgan fingerprint density at radius 2 is 2.47 bits per heavy atom. The van der Waals surface area contributed by atoms with E-state index in [4.69, 9.17) is 15.2 Å². The first-order valence-corrected chi connectivity index (χ1v) is 4.61. The van der Waals surface area contributed by atoms with E-state index in [1.165, 1.54) is 0 Å². The lowest BCUT2D eigenvalue weighted by Crippen LogP contribution is -2.40. The zero-order valence-electron chi connectivity index (χ0n) is 8.24. The van der Waals surface area contributed by atoms with Gasteiger partial charge in [0.2, 0.25) is 6.10 Å². The molecular weight excluding hydrogens is 200 g/mol. The molecule has 82 valence electrons. The van der Waals surface area contributed by atoms with Crippen molar-refractivity contribution in [3.05, 3.63) is 0 Å². The molecule has 7 heteroatoms. The maximum atomic E-state index is 11.5. The molecule has 1 aliphatic heterocycles. The lowest BCUT2D eigenvalue weighted by atomic mass is 10.3. The Balaban J connectivity index is 2.12. The Hall–Kier alpha value is -1.76. The molecule has 0 aliphatic carbocycles. The molecule has 0 fully saturated rings. The quantitative estimate of drug-likeness (QED) is 0.640. The number of carbonyl (C=O) groups excluding carboxylic acids is 1. The topological polar surface area (TPSA) is 102 Å². The van der Waals surface area contributed by atoms with E-state index in [9.17, 15) is 4.79 Å². The van der Waals surface area contributed by atoms with Gasteiger partial charge < -0.3 is 20.5 Å². The predicted molar refractivity (Wildman–Crippen MR) is 52.5 cm³/mol. The SMILES string of the molecule is CCOCC1Oc2n[nH]c(N)c2NC1=O. The maximum Gasteiger partial charge on any atom is 0.268 e. The van der Waals surface area contributed by atoms with Gasteiger partial charge in [0, 0.05) is 6.61 Å². The third kappa shape index (κ3) is 1.73. The van der Waals surface area contributed by atoms with Crippen molar-refractivity contribution < 1.29 is 14.3 Å². The molecule has 1 amide bonds. The Labute approximate surface area is 85.9 Å². The van der Waals surface area contributed by atoms with Gasteiger partial charge in [-0.2, -0.15) is 0 Å². The Morgan fingerprint density at radius 3 is 3.20 bits per heavy atom. The van der Waals surface area contributed by atoms with Crippen LogP contribution in [-0.4, -0.2) is 35.4 Å². The zero-order valence-corrected chi connectivity index (χ0v) is 8.24. The molecule has 7 nitrogen and oxygen atoms in total. The summed E-state index contributed by atoms with van der Waals surface area (Å²) in [6.45, 7) is 2.58. The highest BCUT2D eigenvalue weighted by Crippen LogP contribution is 2.31. The van der Waals surface area contributed by atoms with Crippen molar-refractivity contribution in [2.75, 3.05) is 24.3 Å². The molecule has 1 unspecified atom stereocenters. The van der Waals surface area contributed by atoms with Crippen LogP contribution < -0.4 is 15.8 Å². The van der Waals surface area contributed by atoms with E-state index >= 15 is 0 Å². The standard InChI is InChI=1S/C8H12N4O3/c1-2-14-3-4-7(13)10-5-6(9)11-12-8(5)15-4/h4H,2-3H2,1H3,(H,10,13)(H3,9,11,12). The zero-order chi connectivity index (χ0) is 10.8. The molecule has 1 aliphatic rings. The number of carbonyl (C=O) groups is 1. The van der Waals surface area contributed by atoms with Gasteiger partial charge in [0.25, 0.3) is 11.8 Å². The van der Waals surface area contributed by atoms with Crippen molar-refractivity contribution in [1.29, 1.82) is 0 Å². The van der Waals surface area contributed by atoms with E-state index in [1.54, 1.807) is 0 Å². The van der Waals surface area contributed by atoms with Crippen LogP contribution in [0.3, 0.4) is 0 Å². The fourth-order valence-corrected chi connectivity index (χ4v) is 1.27. The molecule has 15 heavy (non-hydrogen) atoms. The van der Waals surface area contributed by atoms with Crippen molar-refractivity contribution in [2.45, 2.75) is 13.0 Å².